The van der Waals surface area contributed by atoms with Gasteiger partial charge in [-0.3, -0.25) is 4.79 Å². The molecule has 0 saturated carbocycles. The number of aryl methyl sites for hydroxylation is 1. The van der Waals surface area contributed by atoms with Gasteiger partial charge in [0.05, 0.1) is 50.1 Å². The van der Waals surface area contributed by atoms with E-state index < -0.39 is 27.9 Å². The fourth-order valence-corrected chi connectivity index (χ4v) is 4.25. The van der Waals surface area contributed by atoms with Crippen molar-refractivity contribution in [3.8, 4) is 17.2 Å². The number of esters is 1. The topological polar surface area (TPSA) is 129 Å². The van der Waals surface area contributed by atoms with Crippen LogP contribution in [0.2, 0.25) is 0 Å². The average molecular weight is 481 g/mol. The number of methoxy groups -OCH3 is 3. The maximum Gasteiger partial charge on any atom is 0.340 e. The molecule has 0 aromatic heterocycles. The summed E-state index contributed by atoms with van der Waals surface area (Å²) in [6.45, 7) is 5.39. The Labute approximate surface area is 193 Å². The van der Waals surface area contributed by atoms with Gasteiger partial charge in [-0.15, -0.1) is 0 Å². The molecular formula is C22H28N2O8S. The zero-order valence-electron chi connectivity index (χ0n) is 19.3. The second kappa shape index (κ2) is 11.0. The zero-order chi connectivity index (χ0) is 24.8. The smallest absolute Gasteiger partial charge is 0.340 e. The van der Waals surface area contributed by atoms with Gasteiger partial charge in [-0.2, -0.15) is 4.72 Å². The van der Waals surface area contributed by atoms with Crippen LogP contribution in [0.25, 0.3) is 0 Å². The third-order valence-corrected chi connectivity index (χ3v) is 6.21. The number of benzene rings is 2. The summed E-state index contributed by atoms with van der Waals surface area (Å²) in [5.74, 6) is -0.317. The molecule has 2 aromatic rings. The van der Waals surface area contributed by atoms with E-state index in [0.29, 0.717) is 17.9 Å². The number of hydrogen-bond donors (Lipinski definition) is 2. The Morgan fingerprint density at radius 1 is 1.00 bits per heavy atom. The maximum atomic E-state index is 12.8. The van der Waals surface area contributed by atoms with E-state index in [1.165, 1.54) is 52.5 Å². The largest absolute Gasteiger partial charge is 0.494 e. The van der Waals surface area contributed by atoms with E-state index >= 15 is 0 Å². The normalized spacial score (nSPS) is 11.9. The van der Waals surface area contributed by atoms with Crippen molar-refractivity contribution >= 4 is 27.6 Å². The van der Waals surface area contributed by atoms with Gasteiger partial charge in [-0.1, -0.05) is 0 Å². The van der Waals surface area contributed by atoms with E-state index in [4.69, 9.17) is 18.9 Å². The van der Waals surface area contributed by atoms with E-state index in [9.17, 15) is 18.0 Å². The standard InChI is InChI=1S/C22H28N2O8S/c1-7-32-18-9-8-15(10-13(18)2)33(27,28)24-14(3)21(25)23-17-12-20(30-5)19(29-4)11-16(17)22(26)31-6/h8-12,14,24H,7H2,1-6H3,(H,23,25)/t14-/m1/s1. The van der Waals surface area contributed by atoms with Gasteiger partial charge in [-0.05, 0) is 44.5 Å². The lowest BCUT2D eigenvalue weighted by Gasteiger charge is -2.18. The lowest BCUT2D eigenvalue weighted by molar-refractivity contribution is -0.117. The molecule has 10 nitrogen and oxygen atoms in total. The second-order valence-electron chi connectivity index (χ2n) is 6.94. The molecule has 11 heteroatoms. The fraction of sp³-hybridized carbons (Fsp3) is 0.364. The van der Waals surface area contributed by atoms with Crippen molar-refractivity contribution in [1.82, 2.24) is 4.72 Å². The van der Waals surface area contributed by atoms with Crippen LogP contribution in [0.15, 0.2) is 35.2 Å². The molecule has 0 aliphatic carbocycles. The zero-order valence-corrected chi connectivity index (χ0v) is 20.2. The van der Waals surface area contributed by atoms with E-state index in [1.807, 2.05) is 6.92 Å². The fourth-order valence-electron chi connectivity index (χ4n) is 2.96. The van der Waals surface area contributed by atoms with Gasteiger partial charge in [0.15, 0.2) is 11.5 Å². The summed E-state index contributed by atoms with van der Waals surface area (Å²) in [7, 11) is -0.0146. The van der Waals surface area contributed by atoms with Gasteiger partial charge in [-0.25, -0.2) is 13.2 Å². The van der Waals surface area contributed by atoms with Crippen molar-refractivity contribution in [2.45, 2.75) is 31.7 Å². The van der Waals surface area contributed by atoms with E-state index in [-0.39, 0.29) is 27.6 Å². The second-order valence-corrected chi connectivity index (χ2v) is 8.65. The van der Waals surface area contributed by atoms with Crippen LogP contribution < -0.4 is 24.2 Å². The van der Waals surface area contributed by atoms with Gasteiger partial charge in [0, 0.05) is 12.1 Å². The molecule has 2 aromatic carbocycles. The molecule has 0 aliphatic heterocycles. The van der Waals surface area contributed by atoms with Gasteiger partial charge in [0.1, 0.15) is 5.75 Å². The number of nitrogens with one attached hydrogen (secondary N) is 2. The minimum absolute atomic E-state index is 0.00975. The number of anilines is 1. The van der Waals surface area contributed by atoms with Crippen molar-refractivity contribution in [3.63, 3.8) is 0 Å². The monoisotopic (exact) mass is 480 g/mol. The number of carbonyl (C=O) groups excluding carboxylic acids is 2. The van der Waals surface area contributed by atoms with Crippen LogP contribution in [0, 0.1) is 6.92 Å². The first-order valence-corrected chi connectivity index (χ1v) is 11.5. The molecule has 0 saturated heterocycles. The van der Waals surface area contributed by atoms with Crippen LogP contribution in [0.5, 0.6) is 17.2 Å². The summed E-state index contributed by atoms with van der Waals surface area (Å²) in [6, 6.07) is 6.00. The Bertz CT molecular complexity index is 1130. The predicted molar refractivity (Wildman–Crippen MR) is 122 cm³/mol. The van der Waals surface area contributed by atoms with Crippen molar-refractivity contribution in [1.29, 1.82) is 0 Å². The summed E-state index contributed by atoms with van der Waals surface area (Å²) >= 11 is 0. The highest BCUT2D eigenvalue weighted by Gasteiger charge is 2.25. The van der Waals surface area contributed by atoms with Crippen LogP contribution in [0.1, 0.15) is 29.8 Å². The minimum atomic E-state index is -4.01. The molecule has 0 heterocycles. The minimum Gasteiger partial charge on any atom is -0.494 e. The van der Waals surface area contributed by atoms with Crippen molar-refractivity contribution in [3.05, 3.63) is 41.5 Å². The molecule has 1 atom stereocenters. The summed E-state index contributed by atoms with van der Waals surface area (Å²) in [5.41, 5.74) is 0.734. The van der Waals surface area contributed by atoms with Crippen LogP contribution in [-0.2, 0) is 19.6 Å². The maximum absolute atomic E-state index is 12.8. The van der Waals surface area contributed by atoms with Crippen LogP contribution in [0.3, 0.4) is 0 Å². The number of carbonyl (C=O) groups is 2. The Balaban J connectivity index is 2.27. The van der Waals surface area contributed by atoms with E-state index in [2.05, 4.69) is 10.0 Å². The summed E-state index contributed by atoms with van der Waals surface area (Å²) < 4.78 is 48.5. The number of ether oxygens (including phenoxy) is 4. The Morgan fingerprint density at radius 2 is 1.64 bits per heavy atom. The summed E-state index contributed by atoms with van der Waals surface area (Å²) in [4.78, 5) is 24.9. The highest BCUT2D eigenvalue weighted by Crippen LogP contribution is 2.34. The summed E-state index contributed by atoms with van der Waals surface area (Å²) in [5, 5.41) is 2.54. The summed E-state index contributed by atoms with van der Waals surface area (Å²) in [6.07, 6.45) is 0. The molecule has 0 fully saturated rings. The van der Waals surface area contributed by atoms with Crippen LogP contribution in [-0.4, -0.2) is 54.3 Å². The van der Waals surface area contributed by atoms with Crippen molar-refractivity contribution < 1.29 is 37.0 Å². The van der Waals surface area contributed by atoms with Crippen LogP contribution in [0.4, 0.5) is 5.69 Å². The molecule has 0 spiro atoms. The molecule has 0 unspecified atom stereocenters. The Hall–Kier alpha value is -3.31. The third-order valence-electron chi connectivity index (χ3n) is 4.67. The molecule has 0 radical (unpaired) electrons. The first-order chi connectivity index (χ1) is 15.6. The highest BCUT2D eigenvalue weighted by atomic mass is 32.2. The van der Waals surface area contributed by atoms with Gasteiger partial charge in [0.2, 0.25) is 15.9 Å². The molecule has 1 amide bonds. The molecule has 0 aliphatic rings. The number of rotatable bonds is 10. The van der Waals surface area contributed by atoms with Gasteiger partial charge in [0.25, 0.3) is 0 Å². The van der Waals surface area contributed by atoms with E-state index in [0.717, 1.165) is 0 Å². The quantitative estimate of drug-likeness (QED) is 0.496. The molecule has 2 rings (SSSR count). The molecular weight excluding hydrogens is 452 g/mol. The Kier molecular flexibility index (Phi) is 8.66. The number of sulfonamides is 1. The van der Waals surface area contributed by atoms with Gasteiger partial charge >= 0.3 is 5.97 Å². The lowest BCUT2D eigenvalue weighted by Crippen LogP contribution is -2.41. The average Bonchev–Trinajstić information content (AvgIpc) is 2.79. The SMILES string of the molecule is CCOc1ccc(S(=O)(=O)N[C@H](C)C(=O)Nc2cc(OC)c(OC)cc2C(=O)OC)cc1C. The molecule has 2 N–H and O–H groups in total. The predicted octanol–water partition coefficient (Wildman–Crippen LogP) is 2.50. The number of amides is 1. The lowest BCUT2D eigenvalue weighted by atomic mass is 10.1. The highest BCUT2D eigenvalue weighted by molar-refractivity contribution is 7.89. The first kappa shape index (κ1) is 25.9. The first-order valence-electron chi connectivity index (χ1n) is 9.98. The van der Waals surface area contributed by atoms with Crippen molar-refractivity contribution in [2.75, 3.05) is 33.3 Å². The third kappa shape index (κ3) is 6.14. The Morgan fingerprint density at radius 3 is 2.18 bits per heavy atom. The molecule has 180 valence electrons. The number of hydrogen-bond acceptors (Lipinski definition) is 8. The van der Waals surface area contributed by atoms with Crippen LogP contribution >= 0.6 is 0 Å². The van der Waals surface area contributed by atoms with Gasteiger partial charge < -0.3 is 24.3 Å². The van der Waals surface area contributed by atoms with Crippen molar-refractivity contribution in [2.24, 2.45) is 0 Å². The molecule has 0 bridgehead atoms. The van der Waals surface area contributed by atoms with E-state index in [1.54, 1.807) is 13.0 Å². The molecule has 33 heavy (non-hydrogen) atoms.